The Balaban J connectivity index is 2.46. The minimum atomic E-state index is 0.241. The zero-order chi connectivity index (χ0) is 4.24. The average molecular weight is 96.2 g/mol. The summed E-state index contributed by atoms with van der Waals surface area (Å²) in [6.45, 7) is 0. The second-order valence-electron chi connectivity index (χ2n) is 1.43. The van der Waals surface area contributed by atoms with Gasteiger partial charge in [-0.1, -0.05) is 18.2 Å². The molecule has 0 aliphatic carbocycles. The highest BCUT2D eigenvalue weighted by Crippen LogP contribution is 1.90. The first-order valence-corrected chi connectivity index (χ1v) is 4.13. The molecule has 6 heavy (non-hydrogen) atoms. The fraction of sp³-hybridized carbons (Fsp3) is 0.200. The molecule has 0 aromatic rings. The van der Waals surface area contributed by atoms with E-state index >= 15 is 0 Å². The smallest absolute Gasteiger partial charge is 0.0491 e. The number of allylic oxidation sites excluding steroid dienone is 3. The van der Waals surface area contributed by atoms with Crippen LogP contribution in [0.3, 0.4) is 0 Å². The molecule has 0 N–H and O–H groups in total. The van der Waals surface area contributed by atoms with E-state index in [1.807, 2.05) is 0 Å². The molecule has 0 saturated carbocycles. The summed E-state index contributed by atoms with van der Waals surface area (Å²) in [5.41, 5.74) is 2.32. The van der Waals surface area contributed by atoms with E-state index in [4.69, 9.17) is 0 Å². The van der Waals surface area contributed by atoms with Crippen LogP contribution in [-0.4, -0.2) is 9.52 Å². The van der Waals surface area contributed by atoms with Crippen molar-refractivity contribution in [2.75, 3.05) is 0 Å². The molecule has 1 rings (SSSR count). The summed E-state index contributed by atoms with van der Waals surface area (Å²) in [6.07, 6.45) is 6.51. The molecule has 0 aromatic heterocycles. The van der Waals surface area contributed by atoms with E-state index in [9.17, 15) is 0 Å². The van der Waals surface area contributed by atoms with E-state index in [0.717, 1.165) is 0 Å². The zero-order valence-corrected chi connectivity index (χ0v) is 5.14. The van der Waals surface area contributed by atoms with Crippen molar-refractivity contribution < 1.29 is 0 Å². The lowest BCUT2D eigenvalue weighted by Crippen LogP contribution is -1.81. The van der Waals surface area contributed by atoms with Crippen LogP contribution in [0.5, 0.6) is 0 Å². The molecule has 1 heteroatoms. The summed E-state index contributed by atoms with van der Waals surface area (Å²) in [4.78, 5) is 0. The molecule has 0 bridgehead atoms. The van der Waals surface area contributed by atoms with E-state index in [0.29, 0.717) is 0 Å². The molecular weight excluding hydrogens is 88.1 g/mol. The van der Waals surface area contributed by atoms with Crippen LogP contribution >= 0.6 is 0 Å². The molecule has 0 spiro atoms. The number of rotatable bonds is 0. The van der Waals surface area contributed by atoms with Crippen LogP contribution in [-0.2, 0) is 0 Å². The number of hydrogen-bond donors (Lipinski definition) is 0. The van der Waals surface area contributed by atoms with E-state index in [2.05, 4.69) is 23.9 Å². The van der Waals surface area contributed by atoms with Crippen molar-refractivity contribution in [2.45, 2.75) is 6.04 Å². The summed E-state index contributed by atoms with van der Waals surface area (Å²) in [7, 11) is 0.241. The van der Waals surface area contributed by atoms with Gasteiger partial charge in [0.25, 0.3) is 0 Å². The molecule has 0 atom stereocenters. The van der Waals surface area contributed by atoms with E-state index < -0.39 is 0 Å². The van der Waals surface area contributed by atoms with Crippen LogP contribution < -0.4 is 0 Å². The van der Waals surface area contributed by atoms with Crippen molar-refractivity contribution in [3.05, 3.63) is 23.9 Å². The third-order valence-electron chi connectivity index (χ3n) is 0.883. The normalized spacial score (nSPS) is 22.7. The highest BCUT2D eigenvalue weighted by molar-refractivity contribution is 6.43. The Hall–Kier alpha value is -0.303. The Morgan fingerprint density at radius 1 is 1.33 bits per heavy atom. The fourth-order valence-corrected chi connectivity index (χ4v) is 1.47. The van der Waals surface area contributed by atoms with Gasteiger partial charge in [0.2, 0.25) is 0 Å². The molecule has 32 valence electrons. The van der Waals surface area contributed by atoms with Crippen LogP contribution in [0.4, 0.5) is 0 Å². The molecule has 1 aliphatic rings. The molecule has 0 saturated heterocycles. The Kier molecular flexibility index (Phi) is 1.28. The highest BCUT2D eigenvalue weighted by atomic mass is 28.2. The third-order valence-corrected chi connectivity index (χ3v) is 2.16. The van der Waals surface area contributed by atoms with Crippen LogP contribution in [0.2, 0.25) is 6.04 Å². The first-order chi connectivity index (χ1) is 3.00. The van der Waals surface area contributed by atoms with Crippen molar-refractivity contribution in [3.8, 4) is 0 Å². The van der Waals surface area contributed by atoms with Crippen LogP contribution in [0.25, 0.3) is 0 Å². The van der Waals surface area contributed by atoms with Gasteiger partial charge in [0.15, 0.2) is 0 Å². The van der Waals surface area contributed by atoms with Crippen LogP contribution in [0, 0.1) is 0 Å². The molecular formula is C5H8Si. The minimum Gasteiger partial charge on any atom is -0.101 e. The SMILES string of the molecule is C1=CC[SiH2]C=C1. The van der Waals surface area contributed by atoms with Gasteiger partial charge in [-0.3, -0.25) is 0 Å². The average Bonchev–Trinajstić information content (AvgIpc) is 1.72. The van der Waals surface area contributed by atoms with E-state index in [1.54, 1.807) is 0 Å². The van der Waals surface area contributed by atoms with Crippen molar-refractivity contribution >= 4 is 9.52 Å². The minimum absolute atomic E-state index is 0.241. The zero-order valence-electron chi connectivity index (χ0n) is 3.72. The fourth-order valence-electron chi connectivity index (χ4n) is 0.542. The highest BCUT2D eigenvalue weighted by Gasteiger charge is 1.78. The van der Waals surface area contributed by atoms with Gasteiger partial charge in [-0.05, 0) is 6.04 Å². The van der Waals surface area contributed by atoms with Gasteiger partial charge < -0.3 is 0 Å². The van der Waals surface area contributed by atoms with E-state index in [1.165, 1.54) is 6.04 Å². The molecule has 0 nitrogen and oxygen atoms in total. The molecule has 0 fully saturated rings. The Morgan fingerprint density at radius 3 is 2.50 bits per heavy atom. The van der Waals surface area contributed by atoms with Crippen molar-refractivity contribution in [1.82, 2.24) is 0 Å². The maximum Gasteiger partial charge on any atom is 0.0491 e. The van der Waals surface area contributed by atoms with Crippen molar-refractivity contribution in [3.63, 3.8) is 0 Å². The van der Waals surface area contributed by atoms with Gasteiger partial charge in [0, 0.05) is 9.52 Å². The van der Waals surface area contributed by atoms with Crippen molar-refractivity contribution in [2.24, 2.45) is 0 Å². The van der Waals surface area contributed by atoms with Crippen LogP contribution in [0.15, 0.2) is 23.9 Å². The molecule has 1 aliphatic heterocycles. The quantitative estimate of drug-likeness (QED) is 0.389. The van der Waals surface area contributed by atoms with Gasteiger partial charge in [-0.15, -0.1) is 5.70 Å². The Morgan fingerprint density at radius 2 is 2.33 bits per heavy atom. The lowest BCUT2D eigenvalue weighted by Gasteiger charge is -1.87. The van der Waals surface area contributed by atoms with Gasteiger partial charge in [0.1, 0.15) is 0 Å². The lowest BCUT2D eigenvalue weighted by atomic mass is 10.5. The monoisotopic (exact) mass is 96.0 g/mol. The summed E-state index contributed by atoms with van der Waals surface area (Å²) in [5, 5.41) is 0. The molecule has 0 radical (unpaired) electrons. The second kappa shape index (κ2) is 1.98. The molecule has 1 heterocycles. The Labute approximate surface area is 40.4 Å². The maximum absolute atomic E-state index is 2.32. The molecule has 0 aromatic carbocycles. The standard InChI is InChI=1S/C5H8Si/c1-2-4-6-5-3-1/h1-4H,5-6H2. The molecule has 0 amide bonds. The summed E-state index contributed by atoms with van der Waals surface area (Å²) in [5.74, 6) is 0. The van der Waals surface area contributed by atoms with Gasteiger partial charge in [0.05, 0.1) is 0 Å². The van der Waals surface area contributed by atoms with Gasteiger partial charge in [-0.2, -0.15) is 0 Å². The van der Waals surface area contributed by atoms with Gasteiger partial charge in [-0.25, -0.2) is 0 Å². The summed E-state index contributed by atoms with van der Waals surface area (Å²) < 4.78 is 0. The predicted molar refractivity (Wildman–Crippen MR) is 31.6 cm³/mol. The second-order valence-corrected chi connectivity index (χ2v) is 3.06. The van der Waals surface area contributed by atoms with Crippen LogP contribution in [0.1, 0.15) is 0 Å². The maximum atomic E-state index is 2.32. The molecule has 0 unspecified atom stereocenters. The first-order valence-electron chi connectivity index (χ1n) is 2.32. The first kappa shape index (κ1) is 3.87. The summed E-state index contributed by atoms with van der Waals surface area (Å²) in [6, 6.07) is 1.37. The van der Waals surface area contributed by atoms with Crippen molar-refractivity contribution in [1.29, 1.82) is 0 Å². The van der Waals surface area contributed by atoms with Gasteiger partial charge >= 0.3 is 0 Å². The third kappa shape index (κ3) is 0.828. The predicted octanol–water partition coefficient (Wildman–Crippen LogP) is 0.657. The summed E-state index contributed by atoms with van der Waals surface area (Å²) >= 11 is 0. The largest absolute Gasteiger partial charge is 0.101 e. The lowest BCUT2D eigenvalue weighted by molar-refractivity contribution is 1.65. The van der Waals surface area contributed by atoms with E-state index in [-0.39, 0.29) is 9.52 Å². The Bertz CT molecular complexity index is 69.9. The number of hydrogen-bond acceptors (Lipinski definition) is 0. The topological polar surface area (TPSA) is 0 Å².